The van der Waals surface area contributed by atoms with E-state index in [1.165, 1.54) is 13.2 Å². The zero-order valence-corrected chi connectivity index (χ0v) is 16.9. The van der Waals surface area contributed by atoms with Crippen LogP contribution in [-0.4, -0.2) is 32.6 Å². The highest BCUT2D eigenvalue weighted by molar-refractivity contribution is 6.08. The molecule has 1 amide bonds. The Morgan fingerprint density at radius 2 is 1.97 bits per heavy atom. The third kappa shape index (κ3) is 3.76. The smallest absolute Gasteiger partial charge is 0.433 e. The zero-order chi connectivity index (χ0) is 22.3. The molecule has 0 atom stereocenters. The van der Waals surface area contributed by atoms with Gasteiger partial charge in [-0.1, -0.05) is 13.8 Å². The third-order valence-corrected chi connectivity index (χ3v) is 4.76. The Morgan fingerprint density at radius 1 is 1.19 bits per heavy atom. The number of nitrogens with one attached hydrogen (secondary N) is 1. The minimum atomic E-state index is -4.65. The van der Waals surface area contributed by atoms with Crippen molar-refractivity contribution in [3.05, 3.63) is 59.7 Å². The van der Waals surface area contributed by atoms with E-state index in [4.69, 9.17) is 4.74 Å². The lowest BCUT2D eigenvalue weighted by Crippen LogP contribution is -2.16. The molecule has 0 saturated carbocycles. The molecule has 0 bridgehead atoms. The van der Waals surface area contributed by atoms with E-state index < -0.39 is 17.8 Å². The van der Waals surface area contributed by atoms with Crippen LogP contribution in [0, 0.1) is 0 Å². The lowest BCUT2D eigenvalue weighted by molar-refractivity contribution is -0.142. The summed E-state index contributed by atoms with van der Waals surface area (Å²) < 4.78 is 46.6. The molecule has 0 unspecified atom stereocenters. The van der Waals surface area contributed by atoms with Crippen LogP contribution in [0.15, 0.2) is 42.6 Å². The van der Waals surface area contributed by atoms with Crippen molar-refractivity contribution in [1.29, 1.82) is 0 Å². The monoisotopic (exact) mass is 429 g/mol. The fraction of sp³-hybridized carbons (Fsp3) is 0.238. The predicted octanol–water partition coefficient (Wildman–Crippen LogP) is 4.68. The summed E-state index contributed by atoms with van der Waals surface area (Å²) in [5.74, 6) is -0.328. The molecule has 0 spiro atoms. The molecule has 3 heterocycles. The number of alkyl halides is 3. The molecule has 0 fully saturated rings. The molecule has 4 aromatic rings. The van der Waals surface area contributed by atoms with E-state index >= 15 is 0 Å². The number of nitrogens with zero attached hydrogens (tertiary/aromatic N) is 4. The predicted molar refractivity (Wildman–Crippen MR) is 108 cm³/mol. The van der Waals surface area contributed by atoms with E-state index in [-0.39, 0.29) is 23.0 Å². The standard InChI is InChI=1S/C21H18F3N5O2/c1-11(2)14-9-17(21(22,23)24)29-18(26-14)10-15(28-29)20(30)27-13-6-7-16(31-3)12-5-4-8-25-19(12)13/h4-11H,1-3H3,(H,27,30). The second-order valence-corrected chi connectivity index (χ2v) is 7.19. The highest BCUT2D eigenvalue weighted by atomic mass is 19.4. The number of hydrogen-bond acceptors (Lipinski definition) is 5. The van der Waals surface area contributed by atoms with Crippen LogP contribution in [0.2, 0.25) is 0 Å². The summed E-state index contributed by atoms with van der Waals surface area (Å²) in [6, 6.07) is 8.98. The number of anilines is 1. The van der Waals surface area contributed by atoms with Crippen molar-refractivity contribution in [2.45, 2.75) is 25.9 Å². The van der Waals surface area contributed by atoms with Crippen molar-refractivity contribution in [2.75, 3.05) is 12.4 Å². The summed E-state index contributed by atoms with van der Waals surface area (Å²) in [5.41, 5.74) is -0.116. The van der Waals surface area contributed by atoms with Gasteiger partial charge in [-0.2, -0.15) is 18.3 Å². The summed E-state index contributed by atoms with van der Waals surface area (Å²) in [6.45, 7) is 3.48. The van der Waals surface area contributed by atoms with E-state index in [1.807, 2.05) is 0 Å². The second-order valence-electron chi connectivity index (χ2n) is 7.19. The minimum Gasteiger partial charge on any atom is -0.496 e. The topological polar surface area (TPSA) is 81.4 Å². The molecule has 0 aliphatic rings. The largest absolute Gasteiger partial charge is 0.496 e. The van der Waals surface area contributed by atoms with Gasteiger partial charge in [-0.25, -0.2) is 9.50 Å². The maximum Gasteiger partial charge on any atom is 0.433 e. The van der Waals surface area contributed by atoms with Crippen LogP contribution in [0.3, 0.4) is 0 Å². The van der Waals surface area contributed by atoms with Crippen molar-refractivity contribution >= 4 is 28.1 Å². The number of methoxy groups -OCH3 is 1. The maximum atomic E-state index is 13.6. The summed E-state index contributed by atoms with van der Waals surface area (Å²) in [5, 5.41) is 7.21. The Bertz CT molecular complexity index is 1300. The van der Waals surface area contributed by atoms with Crippen LogP contribution in [-0.2, 0) is 6.18 Å². The van der Waals surface area contributed by atoms with Crippen LogP contribution >= 0.6 is 0 Å². The van der Waals surface area contributed by atoms with Gasteiger partial charge >= 0.3 is 6.18 Å². The first-order valence-electron chi connectivity index (χ1n) is 9.40. The number of carbonyl (C=O) groups excluding carboxylic acids is 1. The zero-order valence-electron chi connectivity index (χ0n) is 16.9. The Kier molecular flexibility index (Phi) is 5.00. The van der Waals surface area contributed by atoms with Crippen LogP contribution in [0.25, 0.3) is 16.6 Å². The van der Waals surface area contributed by atoms with Crippen LogP contribution in [0.5, 0.6) is 5.75 Å². The van der Waals surface area contributed by atoms with Gasteiger partial charge in [0.2, 0.25) is 0 Å². The van der Waals surface area contributed by atoms with Crippen LogP contribution < -0.4 is 10.1 Å². The molecule has 7 nitrogen and oxygen atoms in total. The summed E-state index contributed by atoms with van der Waals surface area (Å²) in [4.78, 5) is 21.3. The van der Waals surface area contributed by atoms with Gasteiger partial charge in [0.15, 0.2) is 11.3 Å². The van der Waals surface area contributed by atoms with Crippen molar-refractivity contribution in [2.24, 2.45) is 0 Å². The SMILES string of the molecule is COc1ccc(NC(=O)c2cc3nc(C(C)C)cc(C(F)(F)F)n3n2)c2ncccc12. The summed E-state index contributed by atoms with van der Waals surface area (Å²) >= 11 is 0. The Hall–Kier alpha value is -3.69. The molecule has 0 aliphatic carbocycles. The van der Waals surface area contributed by atoms with Crippen molar-refractivity contribution in [1.82, 2.24) is 19.6 Å². The van der Waals surface area contributed by atoms with Crippen LogP contribution in [0.1, 0.15) is 41.6 Å². The fourth-order valence-electron chi connectivity index (χ4n) is 3.21. The molecule has 160 valence electrons. The quantitative estimate of drug-likeness (QED) is 0.509. The van der Waals surface area contributed by atoms with Gasteiger partial charge < -0.3 is 10.1 Å². The number of rotatable bonds is 4. The number of pyridine rings is 1. The van der Waals surface area contributed by atoms with Crippen molar-refractivity contribution in [3.8, 4) is 5.75 Å². The minimum absolute atomic E-state index is 0.0543. The first kappa shape index (κ1) is 20.6. The Balaban J connectivity index is 1.76. The number of carbonyl (C=O) groups is 1. The molecule has 0 aliphatic heterocycles. The molecule has 1 aromatic carbocycles. The molecular weight excluding hydrogens is 411 g/mol. The van der Waals surface area contributed by atoms with E-state index in [1.54, 1.807) is 44.3 Å². The number of ether oxygens (including phenoxy) is 1. The number of benzene rings is 1. The lowest BCUT2D eigenvalue weighted by Gasteiger charge is -2.12. The van der Waals surface area contributed by atoms with Gasteiger partial charge in [0, 0.05) is 23.3 Å². The number of hydrogen-bond donors (Lipinski definition) is 1. The van der Waals surface area contributed by atoms with E-state index in [0.29, 0.717) is 26.9 Å². The van der Waals surface area contributed by atoms with Crippen LogP contribution in [0.4, 0.5) is 18.9 Å². The highest BCUT2D eigenvalue weighted by Crippen LogP contribution is 2.32. The number of amides is 1. The number of fused-ring (bicyclic) bond motifs is 2. The Morgan fingerprint density at radius 3 is 2.65 bits per heavy atom. The molecular formula is C21H18F3N5O2. The third-order valence-electron chi connectivity index (χ3n) is 4.76. The normalized spacial score (nSPS) is 12.0. The van der Waals surface area contributed by atoms with Gasteiger partial charge in [0.05, 0.1) is 18.3 Å². The maximum absolute atomic E-state index is 13.6. The van der Waals surface area contributed by atoms with Crippen molar-refractivity contribution < 1.29 is 22.7 Å². The first-order valence-corrected chi connectivity index (χ1v) is 9.40. The lowest BCUT2D eigenvalue weighted by atomic mass is 10.1. The average Bonchev–Trinajstić information content (AvgIpc) is 3.16. The molecule has 1 N–H and O–H groups in total. The Labute approximate surface area is 174 Å². The molecule has 0 radical (unpaired) electrons. The van der Waals surface area contributed by atoms with Gasteiger partial charge in [0.1, 0.15) is 11.4 Å². The number of halogens is 3. The molecule has 31 heavy (non-hydrogen) atoms. The van der Waals surface area contributed by atoms with E-state index in [0.717, 1.165) is 6.07 Å². The van der Waals surface area contributed by atoms with Gasteiger partial charge in [-0.3, -0.25) is 9.78 Å². The number of aromatic nitrogens is 4. The second kappa shape index (κ2) is 7.53. The summed E-state index contributed by atoms with van der Waals surface area (Å²) in [6.07, 6.45) is -3.09. The summed E-state index contributed by atoms with van der Waals surface area (Å²) in [7, 11) is 1.52. The molecule has 10 heteroatoms. The molecule has 4 rings (SSSR count). The van der Waals surface area contributed by atoms with Gasteiger partial charge in [-0.15, -0.1) is 0 Å². The highest BCUT2D eigenvalue weighted by Gasteiger charge is 2.35. The molecule has 0 saturated heterocycles. The van der Waals surface area contributed by atoms with Gasteiger partial charge in [0.25, 0.3) is 5.91 Å². The molecule has 3 aromatic heterocycles. The van der Waals surface area contributed by atoms with E-state index in [9.17, 15) is 18.0 Å². The van der Waals surface area contributed by atoms with Gasteiger partial charge in [-0.05, 0) is 36.2 Å². The average molecular weight is 429 g/mol. The van der Waals surface area contributed by atoms with Crippen molar-refractivity contribution in [3.63, 3.8) is 0 Å². The fourth-order valence-corrected chi connectivity index (χ4v) is 3.21. The first-order chi connectivity index (χ1) is 14.7. The van der Waals surface area contributed by atoms with E-state index in [2.05, 4.69) is 20.4 Å².